The highest BCUT2D eigenvalue weighted by molar-refractivity contribution is 5.61. The molecule has 1 heterocycles. The first kappa shape index (κ1) is 12.4. The molecule has 0 aliphatic carbocycles. The van der Waals surface area contributed by atoms with E-state index in [0.29, 0.717) is 29.5 Å². The minimum absolute atomic E-state index is 0.324. The largest absolute Gasteiger partial charge is 0.384 e. The number of anilines is 1. The van der Waals surface area contributed by atoms with Gasteiger partial charge in [-0.1, -0.05) is 6.07 Å². The van der Waals surface area contributed by atoms with E-state index in [1.54, 1.807) is 19.2 Å². The Balaban J connectivity index is 2.52. The number of benzene rings is 1. The van der Waals surface area contributed by atoms with E-state index in [9.17, 15) is 4.39 Å². The Bertz CT molecular complexity index is 572. The number of hydrogen-bond acceptors (Lipinski definition) is 4. The molecule has 2 N–H and O–H groups in total. The molecule has 0 saturated carbocycles. The molecule has 18 heavy (non-hydrogen) atoms. The van der Waals surface area contributed by atoms with Gasteiger partial charge in [0.05, 0.1) is 12.3 Å². The van der Waals surface area contributed by atoms with Crippen molar-refractivity contribution >= 4 is 5.82 Å². The van der Waals surface area contributed by atoms with Gasteiger partial charge in [0.25, 0.3) is 0 Å². The van der Waals surface area contributed by atoms with Crippen LogP contribution >= 0.6 is 0 Å². The third kappa shape index (κ3) is 2.62. The number of methoxy groups -OCH3 is 1. The molecule has 0 aliphatic rings. The molecule has 2 rings (SSSR count). The Kier molecular flexibility index (Phi) is 3.53. The molecule has 5 heteroatoms. The minimum Gasteiger partial charge on any atom is -0.384 e. The molecule has 94 valence electrons. The minimum atomic E-state index is -0.324. The van der Waals surface area contributed by atoms with Crippen LogP contribution in [-0.4, -0.2) is 17.1 Å². The Morgan fingerprint density at radius 1 is 1.28 bits per heavy atom. The van der Waals surface area contributed by atoms with Gasteiger partial charge in [-0.2, -0.15) is 0 Å². The summed E-state index contributed by atoms with van der Waals surface area (Å²) >= 11 is 0. The van der Waals surface area contributed by atoms with Gasteiger partial charge in [0.2, 0.25) is 0 Å². The van der Waals surface area contributed by atoms with Crippen LogP contribution in [0, 0.1) is 12.7 Å². The Morgan fingerprint density at radius 3 is 2.78 bits per heavy atom. The molecule has 1 aromatic heterocycles. The average Bonchev–Trinajstić information content (AvgIpc) is 2.32. The third-order valence-electron chi connectivity index (χ3n) is 2.53. The Morgan fingerprint density at radius 2 is 2.06 bits per heavy atom. The van der Waals surface area contributed by atoms with E-state index in [1.807, 2.05) is 6.92 Å². The zero-order valence-corrected chi connectivity index (χ0v) is 10.3. The standard InChI is InChI=1S/C13H14FN3O/c1-8-3-4-9(14)5-11(8)13-16-10(7-18-2)6-12(15)17-13/h3-6H,7H2,1-2H3,(H2,15,16,17). The average molecular weight is 247 g/mol. The van der Waals surface area contributed by atoms with Gasteiger partial charge in [0.1, 0.15) is 11.6 Å². The quantitative estimate of drug-likeness (QED) is 0.904. The van der Waals surface area contributed by atoms with Crippen LogP contribution in [0.3, 0.4) is 0 Å². The summed E-state index contributed by atoms with van der Waals surface area (Å²) in [6.07, 6.45) is 0. The maximum absolute atomic E-state index is 13.3. The van der Waals surface area contributed by atoms with Crippen LogP contribution in [0.4, 0.5) is 10.2 Å². The van der Waals surface area contributed by atoms with Crippen LogP contribution in [0.2, 0.25) is 0 Å². The van der Waals surface area contributed by atoms with Gasteiger partial charge < -0.3 is 10.5 Å². The predicted molar refractivity (Wildman–Crippen MR) is 67.3 cm³/mol. The van der Waals surface area contributed by atoms with E-state index in [0.717, 1.165) is 5.56 Å². The number of nitrogens with zero attached hydrogens (tertiary/aromatic N) is 2. The number of aryl methyl sites for hydroxylation is 1. The van der Waals surface area contributed by atoms with Crippen LogP contribution in [0.25, 0.3) is 11.4 Å². The maximum atomic E-state index is 13.3. The highest BCUT2D eigenvalue weighted by atomic mass is 19.1. The molecular formula is C13H14FN3O. The van der Waals surface area contributed by atoms with Gasteiger partial charge in [-0.15, -0.1) is 0 Å². The monoisotopic (exact) mass is 247 g/mol. The second-order valence-corrected chi connectivity index (χ2v) is 4.00. The van der Waals surface area contributed by atoms with E-state index in [-0.39, 0.29) is 5.82 Å². The zero-order chi connectivity index (χ0) is 13.1. The summed E-state index contributed by atoms with van der Waals surface area (Å²) in [5.41, 5.74) is 7.92. The first-order valence-corrected chi connectivity index (χ1v) is 5.49. The molecular weight excluding hydrogens is 233 g/mol. The van der Waals surface area contributed by atoms with E-state index in [1.165, 1.54) is 12.1 Å². The Labute approximate surface area is 105 Å². The highest BCUT2D eigenvalue weighted by Crippen LogP contribution is 2.22. The van der Waals surface area contributed by atoms with Gasteiger partial charge >= 0.3 is 0 Å². The summed E-state index contributed by atoms with van der Waals surface area (Å²) in [7, 11) is 1.57. The van der Waals surface area contributed by atoms with E-state index in [2.05, 4.69) is 9.97 Å². The predicted octanol–water partition coefficient (Wildman–Crippen LogP) is 2.32. The fraction of sp³-hybridized carbons (Fsp3) is 0.231. The van der Waals surface area contributed by atoms with Crippen molar-refractivity contribution in [1.29, 1.82) is 0 Å². The summed E-state index contributed by atoms with van der Waals surface area (Å²) in [6.45, 7) is 2.21. The van der Waals surface area contributed by atoms with Crippen molar-refractivity contribution in [2.75, 3.05) is 12.8 Å². The molecule has 0 atom stereocenters. The lowest BCUT2D eigenvalue weighted by molar-refractivity contribution is 0.181. The van der Waals surface area contributed by atoms with Gasteiger partial charge in [-0.05, 0) is 24.6 Å². The zero-order valence-electron chi connectivity index (χ0n) is 10.3. The van der Waals surface area contributed by atoms with Crippen LogP contribution in [0.5, 0.6) is 0 Å². The summed E-state index contributed by atoms with van der Waals surface area (Å²) < 4.78 is 18.3. The first-order valence-electron chi connectivity index (χ1n) is 5.49. The van der Waals surface area contributed by atoms with Gasteiger partial charge in [-0.25, -0.2) is 14.4 Å². The Hall–Kier alpha value is -2.01. The van der Waals surface area contributed by atoms with Crippen molar-refractivity contribution in [2.24, 2.45) is 0 Å². The van der Waals surface area contributed by atoms with Crippen LogP contribution in [0.1, 0.15) is 11.3 Å². The maximum Gasteiger partial charge on any atom is 0.162 e. The fourth-order valence-corrected chi connectivity index (χ4v) is 1.70. The van der Waals surface area contributed by atoms with Crippen molar-refractivity contribution in [1.82, 2.24) is 9.97 Å². The normalized spacial score (nSPS) is 10.6. The lowest BCUT2D eigenvalue weighted by Crippen LogP contribution is -2.02. The molecule has 2 aromatic rings. The smallest absolute Gasteiger partial charge is 0.162 e. The van der Waals surface area contributed by atoms with E-state index >= 15 is 0 Å². The topological polar surface area (TPSA) is 61.0 Å². The lowest BCUT2D eigenvalue weighted by atomic mass is 10.1. The fourth-order valence-electron chi connectivity index (χ4n) is 1.70. The number of rotatable bonds is 3. The number of aromatic nitrogens is 2. The number of nitrogen functional groups attached to an aromatic ring is 1. The summed E-state index contributed by atoms with van der Waals surface area (Å²) in [5.74, 6) is 0.435. The molecule has 0 amide bonds. The second-order valence-electron chi connectivity index (χ2n) is 4.00. The van der Waals surface area contributed by atoms with Crippen LogP contribution < -0.4 is 5.73 Å². The molecule has 0 bridgehead atoms. The molecule has 0 saturated heterocycles. The number of hydrogen-bond donors (Lipinski definition) is 1. The molecule has 0 radical (unpaired) electrons. The third-order valence-corrected chi connectivity index (χ3v) is 2.53. The summed E-state index contributed by atoms with van der Waals surface area (Å²) in [4.78, 5) is 8.45. The number of nitrogens with two attached hydrogens (primary N) is 1. The molecule has 0 aliphatic heterocycles. The van der Waals surface area contributed by atoms with Gasteiger partial charge in [0, 0.05) is 18.7 Å². The summed E-state index contributed by atoms with van der Waals surface area (Å²) in [5, 5.41) is 0. The molecule has 1 aromatic carbocycles. The highest BCUT2D eigenvalue weighted by Gasteiger charge is 2.09. The first-order chi connectivity index (χ1) is 8.60. The molecule has 0 unspecified atom stereocenters. The summed E-state index contributed by atoms with van der Waals surface area (Å²) in [6, 6.07) is 6.14. The second kappa shape index (κ2) is 5.10. The van der Waals surface area contributed by atoms with Crippen LogP contribution in [0.15, 0.2) is 24.3 Å². The van der Waals surface area contributed by atoms with Gasteiger partial charge in [0.15, 0.2) is 5.82 Å². The van der Waals surface area contributed by atoms with Crippen LogP contribution in [-0.2, 0) is 11.3 Å². The SMILES string of the molecule is COCc1cc(N)nc(-c2cc(F)ccc2C)n1. The van der Waals surface area contributed by atoms with Gasteiger partial charge in [-0.3, -0.25) is 0 Å². The number of halogens is 1. The van der Waals surface area contributed by atoms with Crippen molar-refractivity contribution in [3.63, 3.8) is 0 Å². The molecule has 4 nitrogen and oxygen atoms in total. The van der Waals surface area contributed by atoms with E-state index in [4.69, 9.17) is 10.5 Å². The molecule has 0 spiro atoms. The van der Waals surface area contributed by atoms with E-state index < -0.39 is 0 Å². The molecule has 0 fully saturated rings. The lowest BCUT2D eigenvalue weighted by Gasteiger charge is -2.07. The number of ether oxygens (including phenoxy) is 1. The van der Waals surface area contributed by atoms with Crippen molar-refractivity contribution in [2.45, 2.75) is 13.5 Å². The van der Waals surface area contributed by atoms with Crippen molar-refractivity contribution in [3.05, 3.63) is 41.3 Å². The van der Waals surface area contributed by atoms with Crippen molar-refractivity contribution < 1.29 is 9.13 Å². The van der Waals surface area contributed by atoms with Crippen molar-refractivity contribution in [3.8, 4) is 11.4 Å².